The van der Waals surface area contributed by atoms with E-state index in [2.05, 4.69) is 9.97 Å². The maximum absolute atomic E-state index is 13.3. The molecule has 1 saturated heterocycles. The molecule has 2 atom stereocenters. The van der Waals surface area contributed by atoms with Gasteiger partial charge in [-0.2, -0.15) is 0 Å². The number of carbonyl (C=O) groups is 3. The van der Waals surface area contributed by atoms with Crippen LogP contribution in [-0.2, 0) is 20.7 Å². The van der Waals surface area contributed by atoms with Crippen molar-refractivity contribution in [2.24, 2.45) is 0 Å². The van der Waals surface area contributed by atoms with Gasteiger partial charge < -0.3 is 14.6 Å². The average Bonchev–Trinajstić information content (AvgIpc) is 3.50. The summed E-state index contributed by atoms with van der Waals surface area (Å²) in [6.45, 7) is 3.57. The van der Waals surface area contributed by atoms with E-state index in [4.69, 9.17) is 9.47 Å². The number of esters is 1. The van der Waals surface area contributed by atoms with Crippen LogP contribution in [0, 0.1) is 6.92 Å². The Morgan fingerprint density at radius 2 is 2.09 bits per heavy atom. The van der Waals surface area contributed by atoms with Crippen molar-refractivity contribution in [1.82, 2.24) is 9.97 Å². The van der Waals surface area contributed by atoms with Crippen molar-refractivity contribution in [3.63, 3.8) is 0 Å². The van der Waals surface area contributed by atoms with E-state index in [1.54, 1.807) is 43.5 Å². The summed E-state index contributed by atoms with van der Waals surface area (Å²) in [4.78, 5) is 48.6. The molecular formula is C25H21N3O6S. The molecule has 0 bridgehead atoms. The van der Waals surface area contributed by atoms with Gasteiger partial charge in [0.05, 0.1) is 24.4 Å². The van der Waals surface area contributed by atoms with Gasteiger partial charge >= 0.3 is 11.9 Å². The van der Waals surface area contributed by atoms with E-state index in [1.165, 1.54) is 18.2 Å². The molecule has 2 unspecified atom stereocenters. The minimum atomic E-state index is -0.983. The summed E-state index contributed by atoms with van der Waals surface area (Å²) in [5.41, 5.74) is 2.11. The van der Waals surface area contributed by atoms with Crippen LogP contribution >= 0.6 is 11.3 Å². The number of benzene rings is 1. The van der Waals surface area contributed by atoms with E-state index in [1.807, 2.05) is 6.92 Å². The number of aromatic nitrogens is 2. The number of Topliss-reactive ketones (excluding diaryl/α,β-unsaturated/α-hetero) is 1. The molecule has 178 valence electrons. The number of amides is 1. The third-order valence-electron chi connectivity index (χ3n) is 5.98. The third kappa shape index (κ3) is 3.75. The number of ether oxygens (including phenoxy) is 2. The van der Waals surface area contributed by atoms with Gasteiger partial charge in [0.2, 0.25) is 0 Å². The average molecular weight is 492 g/mol. The Balaban J connectivity index is 1.67. The highest BCUT2D eigenvalue weighted by molar-refractivity contribution is 7.17. The molecule has 2 aliphatic heterocycles. The smallest absolute Gasteiger partial charge is 0.350 e. The molecule has 0 radical (unpaired) electrons. The highest BCUT2D eigenvalue weighted by Gasteiger charge is 2.48. The Morgan fingerprint density at radius 1 is 1.29 bits per heavy atom. The number of methoxy groups -OCH3 is 1. The maximum Gasteiger partial charge on any atom is 0.350 e. The summed E-state index contributed by atoms with van der Waals surface area (Å²) < 4.78 is 10.5. The van der Waals surface area contributed by atoms with Crippen LogP contribution in [0.25, 0.3) is 5.76 Å². The molecule has 2 aromatic heterocycles. The molecule has 35 heavy (non-hydrogen) atoms. The van der Waals surface area contributed by atoms with E-state index >= 15 is 0 Å². The third-order valence-corrected chi connectivity index (χ3v) is 7.11. The number of ketones is 1. The quantitative estimate of drug-likeness (QED) is 0.255. The number of thiazole rings is 1. The first kappa shape index (κ1) is 22.7. The van der Waals surface area contributed by atoms with Gasteiger partial charge in [0.1, 0.15) is 22.5 Å². The van der Waals surface area contributed by atoms with Crippen molar-refractivity contribution < 1.29 is 29.0 Å². The van der Waals surface area contributed by atoms with Crippen molar-refractivity contribution >= 4 is 39.9 Å². The minimum Gasteiger partial charge on any atom is -0.507 e. The predicted octanol–water partition coefficient (Wildman–Crippen LogP) is 3.58. The number of fused-ring (bicyclic) bond motifs is 1. The van der Waals surface area contributed by atoms with E-state index in [9.17, 15) is 19.5 Å². The second kappa shape index (κ2) is 8.62. The Morgan fingerprint density at radius 3 is 2.80 bits per heavy atom. The normalized spacial score (nSPS) is 20.6. The molecule has 9 nitrogen and oxygen atoms in total. The monoisotopic (exact) mass is 491 g/mol. The number of rotatable bonds is 4. The number of anilines is 1. The lowest BCUT2D eigenvalue weighted by molar-refractivity contribution is -0.132. The molecule has 4 heterocycles. The summed E-state index contributed by atoms with van der Waals surface area (Å²) in [7, 11) is 1.26. The lowest BCUT2D eigenvalue weighted by atomic mass is 9.95. The second-order valence-corrected chi connectivity index (χ2v) is 9.29. The number of aliphatic hydroxyl groups excluding tert-OH is 1. The summed E-state index contributed by atoms with van der Waals surface area (Å²) in [5.74, 6) is -1.87. The zero-order valence-electron chi connectivity index (χ0n) is 19.1. The van der Waals surface area contributed by atoms with Crippen LogP contribution in [0.4, 0.5) is 5.13 Å². The van der Waals surface area contributed by atoms with Crippen LogP contribution in [0.2, 0.25) is 0 Å². The van der Waals surface area contributed by atoms with Crippen LogP contribution in [0.5, 0.6) is 5.75 Å². The zero-order chi connectivity index (χ0) is 24.9. The van der Waals surface area contributed by atoms with Crippen molar-refractivity contribution in [2.45, 2.75) is 32.4 Å². The highest BCUT2D eigenvalue weighted by atomic mass is 32.1. The Hall–Kier alpha value is -4.05. The summed E-state index contributed by atoms with van der Waals surface area (Å²) in [5, 5.41) is 11.5. The van der Waals surface area contributed by atoms with Crippen LogP contribution in [0.1, 0.15) is 45.0 Å². The highest BCUT2D eigenvalue weighted by Crippen LogP contribution is 2.44. The number of aryl methyl sites for hydroxylation is 1. The zero-order valence-corrected chi connectivity index (χ0v) is 20.0. The van der Waals surface area contributed by atoms with Crippen molar-refractivity contribution in [1.29, 1.82) is 0 Å². The molecule has 0 saturated carbocycles. The number of aliphatic hydroxyl groups is 1. The van der Waals surface area contributed by atoms with Crippen LogP contribution in [0.3, 0.4) is 0 Å². The number of hydrogen-bond acceptors (Lipinski definition) is 9. The summed E-state index contributed by atoms with van der Waals surface area (Å²) in [6, 6.07) is 7.58. The van der Waals surface area contributed by atoms with Gasteiger partial charge in [-0.25, -0.2) is 9.78 Å². The first-order chi connectivity index (χ1) is 16.8. The Kier molecular flexibility index (Phi) is 5.60. The van der Waals surface area contributed by atoms with Crippen LogP contribution in [0.15, 0.2) is 48.3 Å². The topological polar surface area (TPSA) is 119 Å². The van der Waals surface area contributed by atoms with E-state index in [0.29, 0.717) is 23.2 Å². The SMILES string of the molecule is COC(=O)c1sc(N2C(=O)C(=O)/C(=C(\O)c3ccc4c(c3)CC(C)O4)C2c2cccnc2)nc1C. The first-order valence-corrected chi connectivity index (χ1v) is 11.7. The van der Waals surface area contributed by atoms with Gasteiger partial charge in [-0.3, -0.25) is 19.5 Å². The van der Waals surface area contributed by atoms with Gasteiger partial charge in [0.15, 0.2) is 5.13 Å². The first-order valence-electron chi connectivity index (χ1n) is 10.9. The molecule has 1 amide bonds. The van der Waals surface area contributed by atoms with Crippen LogP contribution < -0.4 is 9.64 Å². The molecular weight excluding hydrogens is 470 g/mol. The summed E-state index contributed by atoms with van der Waals surface area (Å²) in [6.07, 6.45) is 3.78. The Labute approximate surface area is 204 Å². The molecule has 10 heteroatoms. The standard InChI is InChI=1S/C25H21N3O6S/c1-12-9-16-10-14(6-7-17(16)34-12)20(29)18-19(15-5-4-8-26-11-15)28(23(31)21(18)30)25-27-13(2)22(35-25)24(32)33-3/h4-8,10-12,19,29H,9H2,1-3H3/b20-18-. The van der Waals surface area contributed by atoms with Gasteiger partial charge in [-0.05, 0) is 49.2 Å². The minimum absolute atomic E-state index is 0.0144. The fourth-order valence-electron chi connectivity index (χ4n) is 4.38. The number of hydrogen-bond donors (Lipinski definition) is 1. The molecule has 1 N–H and O–H groups in total. The molecule has 2 aliphatic rings. The van der Waals surface area contributed by atoms with Crippen molar-refractivity contribution in [3.8, 4) is 5.75 Å². The number of pyridine rings is 1. The molecule has 5 rings (SSSR count). The lowest BCUT2D eigenvalue weighted by Gasteiger charge is -2.22. The maximum atomic E-state index is 13.3. The molecule has 1 aromatic carbocycles. The summed E-state index contributed by atoms with van der Waals surface area (Å²) >= 11 is 0.946. The largest absolute Gasteiger partial charge is 0.507 e. The van der Waals surface area contributed by atoms with E-state index in [0.717, 1.165) is 22.6 Å². The fraction of sp³-hybridized carbons (Fsp3) is 0.240. The van der Waals surface area contributed by atoms with Crippen molar-refractivity contribution in [2.75, 3.05) is 12.0 Å². The van der Waals surface area contributed by atoms with Gasteiger partial charge in [-0.15, -0.1) is 0 Å². The Bertz CT molecular complexity index is 1400. The van der Waals surface area contributed by atoms with Gasteiger partial charge in [-0.1, -0.05) is 17.4 Å². The number of nitrogens with zero attached hydrogens (tertiary/aromatic N) is 3. The van der Waals surface area contributed by atoms with E-state index in [-0.39, 0.29) is 27.4 Å². The fourth-order valence-corrected chi connectivity index (χ4v) is 5.39. The van der Waals surface area contributed by atoms with Gasteiger partial charge in [0.25, 0.3) is 5.78 Å². The lowest BCUT2D eigenvalue weighted by Crippen LogP contribution is -2.29. The number of carbonyl (C=O) groups excluding carboxylic acids is 3. The van der Waals surface area contributed by atoms with Gasteiger partial charge in [0, 0.05) is 24.4 Å². The molecule has 3 aromatic rings. The predicted molar refractivity (Wildman–Crippen MR) is 127 cm³/mol. The molecule has 0 spiro atoms. The van der Waals surface area contributed by atoms with E-state index < -0.39 is 23.7 Å². The van der Waals surface area contributed by atoms with Crippen LogP contribution in [-0.4, -0.2) is 45.9 Å². The molecule has 0 aliphatic carbocycles. The van der Waals surface area contributed by atoms with Crippen molar-refractivity contribution in [3.05, 3.63) is 75.6 Å². The molecule has 1 fully saturated rings. The second-order valence-electron chi connectivity index (χ2n) is 8.31.